The molecule has 138 valence electrons. The number of hydrogen-bond donors (Lipinski definition) is 1. The van der Waals surface area contributed by atoms with Crippen LogP contribution in [-0.2, 0) is 16.1 Å². The van der Waals surface area contributed by atoms with Gasteiger partial charge in [0.1, 0.15) is 11.4 Å². The predicted molar refractivity (Wildman–Crippen MR) is 98.4 cm³/mol. The molecule has 0 aliphatic heterocycles. The van der Waals surface area contributed by atoms with Gasteiger partial charge in [-0.15, -0.1) is 0 Å². The van der Waals surface area contributed by atoms with Crippen LogP contribution in [0.4, 0.5) is 5.69 Å². The summed E-state index contributed by atoms with van der Waals surface area (Å²) in [7, 11) is 1.58. The van der Waals surface area contributed by atoms with Crippen molar-refractivity contribution in [2.24, 2.45) is 0 Å². The van der Waals surface area contributed by atoms with Gasteiger partial charge in [-0.2, -0.15) is 0 Å². The van der Waals surface area contributed by atoms with Crippen LogP contribution in [0.5, 0.6) is 5.75 Å². The number of ether oxygens (including phenoxy) is 2. The fraction of sp³-hybridized carbons (Fsp3) is 0.150. The van der Waals surface area contributed by atoms with E-state index < -0.39 is 5.97 Å². The van der Waals surface area contributed by atoms with Crippen molar-refractivity contribution >= 4 is 17.6 Å². The number of anilines is 1. The summed E-state index contributed by atoms with van der Waals surface area (Å²) in [5.74, 6) is 0.329. The Morgan fingerprint density at radius 1 is 1.11 bits per heavy atom. The molecule has 0 fully saturated rings. The number of para-hydroxylation sites is 1. The first-order valence-electron chi connectivity index (χ1n) is 8.20. The van der Waals surface area contributed by atoms with Gasteiger partial charge in [0.2, 0.25) is 5.91 Å². The summed E-state index contributed by atoms with van der Waals surface area (Å²) in [6, 6.07) is 15.6. The molecule has 1 heterocycles. The summed E-state index contributed by atoms with van der Waals surface area (Å²) < 4.78 is 15.8. The summed E-state index contributed by atoms with van der Waals surface area (Å²) in [5.41, 5.74) is 2.22. The van der Waals surface area contributed by atoms with Crippen LogP contribution in [0.3, 0.4) is 0 Å². The largest absolute Gasteiger partial charge is 0.496 e. The van der Waals surface area contributed by atoms with Crippen LogP contribution in [0.1, 0.15) is 23.0 Å². The highest BCUT2D eigenvalue weighted by atomic mass is 16.5. The number of esters is 1. The molecule has 0 aliphatic rings. The third kappa shape index (κ3) is 4.52. The molecule has 7 nitrogen and oxygen atoms in total. The first kappa shape index (κ1) is 18.2. The van der Waals surface area contributed by atoms with Gasteiger partial charge in [-0.05, 0) is 30.3 Å². The quantitative estimate of drug-likeness (QED) is 0.670. The van der Waals surface area contributed by atoms with E-state index >= 15 is 0 Å². The Hall–Kier alpha value is -3.61. The molecule has 0 radical (unpaired) electrons. The second-order valence-electron chi connectivity index (χ2n) is 5.72. The highest BCUT2D eigenvalue weighted by Crippen LogP contribution is 2.29. The number of nitrogens with zero attached hydrogens (tertiary/aromatic N) is 1. The van der Waals surface area contributed by atoms with E-state index in [4.69, 9.17) is 14.0 Å². The normalized spacial score (nSPS) is 10.3. The summed E-state index contributed by atoms with van der Waals surface area (Å²) in [6.45, 7) is 1.33. The molecule has 0 atom stereocenters. The van der Waals surface area contributed by atoms with E-state index in [1.807, 2.05) is 24.3 Å². The average molecular weight is 366 g/mol. The Balaban J connectivity index is 1.66. The maximum atomic E-state index is 12.2. The van der Waals surface area contributed by atoms with E-state index in [9.17, 15) is 9.59 Å². The standard InChI is InChI=1S/C20H18N2O5/c1-13(23)21-15-7-5-6-14(10-15)20(24)26-12-16-11-18(22-27-16)17-8-3-4-9-19(17)25-2/h3-11H,12H2,1-2H3,(H,21,23). The van der Waals surface area contributed by atoms with Gasteiger partial charge in [-0.1, -0.05) is 23.4 Å². The number of carbonyl (C=O) groups excluding carboxylic acids is 2. The van der Waals surface area contributed by atoms with E-state index in [1.54, 1.807) is 37.4 Å². The number of amides is 1. The lowest BCUT2D eigenvalue weighted by Gasteiger charge is -2.05. The number of rotatable bonds is 6. The summed E-state index contributed by atoms with van der Waals surface area (Å²) in [5, 5.41) is 6.62. The minimum absolute atomic E-state index is 0.0641. The molecule has 0 unspecified atom stereocenters. The maximum absolute atomic E-state index is 12.2. The van der Waals surface area contributed by atoms with Crippen LogP contribution in [0.25, 0.3) is 11.3 Å². The molecule has 0 aliphatic carbocycles. The Labute approximate surface area is 155 Å². The van der Waals surface area contributed by atoms with Gasteiger partial charge in [0.05, 0.1) is 12.7 Å². The first-order chi connectivity index (χ1) is 13.1. The molecule has 27 heavy (non-hydrogen) atoms. The number of benzene rings is 2. The summed E-state index contributed by atoms with van der Waals surface area (Å²) in [6.07, 6.45) is 0. The number of hydrogen-bond acceptors (Lipinski definition) is 6. The third-order valence-corrected chi connectivity index (χ3v) is 3.71. The molecule has 1 amide bonds. The van der Waals surface area contributed by atoms with Crippen LogP contribution in [0.15, 0.2) is 59.1 Å². The van der Waals surface area contributed by atoms with E-state index in [0.717, 1.165) is 5.56 Å². The summed E-state index contributed by atoms with van der Waals surface area (Å²) >= 11 is 0. The van der Waals surface area contributed by atoms with Crippen LogP contribution >= 0.6 is 0 Å². The first-order valence-corrected chi connectivity index (χ1v) is 8.20. The van der Waals surface area contributed by atoms with Crippen molar-refractivity contribution in [2.45, 2.75) is 13.5 Å². The lowest BCUT2D eigenvalue weighted by atomic mass is 10.1. The second-order valence-corrected chi connectivity index (χ2v) is 5.72. The zero-order valence-corrected chi connectivity index (χ0v) is 14.9. The van der Waals surface area contributed by atoms with Crippen molar-refractivity contribution < 1.29 is 23.6 Å². The van der Waals surface area contributed by atoms with Gasteiger partial charge in [0, 0.05) is 24.2 Å². The van der Waals surface area contributed by atoms with Crippen molar-refractivity contribution in [1.82, 2.24) is 5.16 Å². The van der Waals surface area contributed by atoms with E-state index in [-0.39, 0.29) is 12.5 Å². The zero-order chi connectivity index (χ0) is 19.2. The Kier molecular flexibility index (Phi) is 5.51. The van der Waals surface area contributed by atoms with E-state index in [0.29, 0.717) is 28.5 Å². The fourth-order valence-electron chi connectivity index (χ4n) is 2.51. The predicted octanol–water partition coefficient (Wildman–Crippen LogP) is 3.67. The average Bonchev–Trinajstić information content (AvgIpc) is 3.14. The van der Waals surface area contributed by atoms with Crippen LogP contribution in [0.2, 0.25) is 0 Å². The minimum Gasteiger partial charge on any atom is -0.496 e. The molecule has 3 rings (SSSR count). The maximum Gasteiger partial charge on any atom is 0.338 e. The molecule has 0 saturated heterocycles. The van der Waals surface area contributed by atoms with Gasteiger partial charge < -0.3 is 19.3 Å². The molecule has 2 aromatic carbocycles. The number of methoxy groups -OCH3 is 1. The zero-order valence-electron chi connectivity index (χ0n) is 14.9. The van der Waals surface area contributed by atoms with Gasteiger partial charge in [0.25, 0.3) is 0 Å². The molecule has 0 spiro atoms. The summed E-state index contributed by atoms with van der Waals surface area (Å²) in [4.78, 5) is 23.3. The number of carbonyl (C=O) groups is 2. The van der Waals surface area contributed by atoms with Crippen LogP contribution in [0, 0.1) is 0 Å². The van der Waals surface area contributed by atoms with Crippen LogP contribution < -0.4 is 10.1 Å². The monoisotopic (exact) mass is 366 g/mol. The molecule has 7 heteroatoms. The minimum atomic E-state index is -0.530. The topological polar surface area (TPSA) is 90.7 Å². The van der Waals surface area contributed by atoms with Gasteiger partial charge in [-0.25, -0.2) is 4.79 Å². The third-order valence-electron chi connectivity index (χ3n) is 3.71. The molecular formula is C20H18N2O5. The number of aromatic nitrogens is 1. The van der Waals surface area contributed by atoms with Gasteiger partial charge in [-0.3, -0.25) is 4.79 Å². The second kappa shape index (κ2) is 8.18. The van der Waals surface area contributed by atoms with Crippen molar-refractivity contribution in [3.05, 3.63) is 65.9 Å². The van der Waals surface area contributed by atoms with Crippen LogP contribution in [-0.4, -0.2) is 24.1 Å². The fourth-order valence-corrected chi connectivity index (χ4v) is 2.51. The lowest BCUT2D eigenvalue weighted by Crippen LogP contribution is -2.08. The molecule has 3 aromatic rings. The van der Waals surface area contributed by atoms with E-state index in [2.05, 4.69) is 10.5 Å². The van der Waals surface area contributed by atoms with Crippen molar-refractivity contribution in [3.63, 3.8) is 0 Å². The van der Waals surface area contributed by atoms with Crippen molar-refractivity contribution in [3.8, 4) is 17.0 Å². The van der Waals surface area contributed by atoms with E-state index in [1.165, 1.54) is 6.92 Å². The molecule has 0 bridgehead atoms. The Morgan fingerprint density at radius 2 is 1.93 bits per heavy atom. The van der Waals surface area contributed by atoms with Gasteiger partial charge >= 0.3 is 5.97 Å². The Morgan fingerprint density at radius 3 is 2.70 bits per heavy atom. The lowest BCUT2D eigenvalue weighted by molar-refractivity contribution is -0.114. The molecular weight excluding hydrogens is 348 g/mol. The van der Waals surface area contributed by atoms with Crippen molar-refractivity contribution in [1.29, 1.82) is 0 Å². The highest BCUT2D eigenvalue weighted by molar-refractivity contribution is 5.93. The number of nitrogens with one attached hydrogen (secondary N) is 1. The molecule has 1 N–H and O–H groups in total. The molecule has 0 saturated carbocycles. The van der Waals surface area contributed by atoms with Crippen molar-refractivity contribution in [2.75, 3.05) is 12.4 Å². The SMILES string of the molecule is COc1ccccc1-c1cc(COC(=O)c2cccc(NC(C)=O)c2)on1. The smallest absolute Gasteiger partial charge is 0.338 e. The molecule has 1 aromatic heterocycles. The van der Waals surface area contributed by atoms with Gasteiger partial charge in [0.15, 0.2) is 12.4 Å². The highest BCUT2D eigenvalue weighted by Gasteiger charge is 2.14. The Bertz CT molecular complexity index is 964.